The van der Waals surface area contributed by atoms with Crippen molar-refractivity contribution in [1.29, 1.82) is 0 Å². The smallest absolute Gasteiger partial charge is 0.0574 e. The summed E-state index contributed by atoms with van der Waals surface area (Å²) in [6, 6.07) is 6.23. The summed E-state index contributed by atoms with van der Waals surface area (Å²) in [4.78, 5) is 0. The van der Waals surface area contributed by atoms with Crippen molar-refractivity contribution < 1.29 is 0 Å². The Morgan fingerprint density at radius 2 is 2.12 bits per heavy atom. The molecule has 0 unspecified atom stereocenters. The minimum Gasteiger partial charge on any atom is -0.397 e. The third-order valence-electron chi connectivity index (χ3n) is 4.03. The Bertz CT molecular complexity index is 361. The molecule has 0 saturated heterocycles. The molecule has 1 aromatic rings. The van der Waals surface area contributed by atoms with Gasteiger partial charge in [0.1, 0.15) is 0 Å². The van der Waals surface area contributed by atoms with Crippen molar-refractivity contribution in [3.05, 3.63) is 23.8 Å². The van der Waals surface area contributed by atoms with Crippen LogP contribution in [0.25, 0.3) is 0 Å². The number of rotatable bonds is 4. The van der Waals surface area contributed by atoms with E-state index >= 15 is 0 Å². The zero-order valence-corrected chi connectivity index (χ0v) is 10.3. The molecule has 0 amide bonds. The Morgan fingerprint density at radius 1 is 1.38 bits per heavy atom. The molecule has 0 spiro atoms. The summed E-state index contributed by atoms with van der Waals surface area (Å²) in [6.45, 7) is 5.43. The number of nitrogen functional groups attached to an aromatic ring is 1. The Labute approximate surface area is 98.2 Å². The van der Waals surface area contributed by atoms with Gasteiger partial charge in [0, 0.05) is 6.54 Å². The topological polar surface area (TPSA) is 38.0 Å². The Kier molecular flexibility index (Phi) is 3.08. The molecule has 2 nitrogen and oxygen atoms in total. The van der Waals surface area contributed by atoms with Crippen LogP contribution in [-0.2, 0) is 0 Å². The van der Waals surface area contributed by atoms with Crippen molar-refractivity contribution in [2.45, 2.75) is 39.5 Å². The molecule has 0 atom stereocenters. The van der Waals surface area contributed by atoms with Gasteiger partial charge in [0.2, 0.25) is 0 Å². The van der Waals surface area contributed by atoms with E-state index in [1.54, 1.807) is 0 Å². The second-order valence-corrected chi connectivity index (χ2v) is 5.15. The molecule has 0 aromatic heterocycles. The first kappa shape index (κ1) is 11.3. The number of nitrogens with two attached hydrogens (primary N) is 1. The van der Waals surface area contributed by atoms with Crippen LogP contribution in [0.3, 0.4) is 0 Å². The third kappa shape index (κ3) is 2.16. The summed E-state index contributed by atoms with van der Waals surface area (Å²) in [5, 5.41) is 3.51. The summed E-state index contributed by atoms with van der Waals surface area (Å²) in [7, 11) is 0. The standard InChI is InChI=1S/C14H22N2/c1-3-14(7-4-8-14)10-16-13-6-5-11(2)9-12(13)15/h5-6,9,16H,3-4,7-8,10,15H2,1-2H3. The highest BCUT2D eigenvalue weighted by Crippen LogP contribution is 2.43. The van der Waals surface area contributed by atoms with Crippen LogP contribution in [0.2, 0.25) is 0 Å². The maximum Gasteiger partial charge on any atom is 0.0574 e. The molecule has 1 saturated carbocycles. The van der Waals surface area contributed by atoms with E-state index in [-0.39, 0.29) is 0 Å². The fourth-order valence-electron chi connectivity index (χ4n) is 2.46. The normalized spacial score (nSPS) is 17.9. The van der Waals surface area contributed by atoms with Crippen molar-refractivity contribution in [1.82, 2.24) is 0 Å². The molecule has 2 heteroatoms. The Hall–Kier alpha value is -1.18. The zero-order valence-electron chi connectivity index (χ0n) is 10.3. The van der Waals surface area contributed by atoms with E-state index in [1.807, 2.05) is 6.07 Å². The molecule has 1 aliphatic rings. The molecule has 0 radical (unpaired) electrons. The van der Waals surface area contributed by atoms with Gasteiger partial charge in [-0.1, -0.05) is 19.4 Å². The molecule has 0 aliphatic heterocycles. The molecule has 88 valence electrons. The first-order chi connectivity index (χ1) is 7.65. The largest absolute Gasteiger partial charge is 0.397 e. The number of benzene rings is 1. The SMILES string of the molecule is CCC1(CNc2ccc(C)cc2N)CCC1. The number of hydrogen-bond donors (Lipinski definition) is 2. The van der Waals surface area contributed by atoms with Crippen LogP contribution < -0.4 is 11.1 Å². The lowest BCUT2D eigenvalue weighted by atomic mass is 9.67. The molecule has 3 N–H and O–H groups in total. The maximum atomic E-state index is 5.99. The molecule has 16 heavy (non-hydrogen) atoms. The van der Waals surface area contributed by atoms with E-state index in [2.05, 4.69) is 31.3 Å². The van der Waals surface area contributed by atoms with Crippen LogP contribution in [0.15, 0.2) is 18.2 Å². The Balaban J connectivity index is 1.99. The maximum absolute atomic E-state index is 5.99. The van der Waals surface area contributed by atoms with Crippen LogP contribution in [-0.4, -0.2) is 6.54 Å². The summed E-state index contributed by atoms with van der Waals surface area (Å²) < 4.78 is 0. The van der Waals surface area contributed by atoms with Gasteiger partial charge in [-0.3, -0.25) is 0 Å². The Morgan fingerprint density at radius 3 is 2.62 bits per heavy atom. The number of nitrogens with one attached hydrogen (secondary N) is 1. The molecule has 0 bridgehead atoms. The molecule has 1 aromatic carbocycles. The highest BCUT2D eigenvalue weighted by molar-refractivity contribution is 5.66. The second-order valence-electron chi connectivity index (χ2n) is 5.15. The second kappa shape index (κ2) is 4.36. The highest BCUT2D eigenvalue weighted by Gasteiger charge is 2.34. The molecule has 1 aliphatic carbocycles. The van der Waals surface area contributed by atoms with Crippen LogP contribution >= 0.6 is 0 Å². The molecule has 1 fully saturated rings. The summed E-state index contributed by atoms with van der Waals surface area (Å²) in [6.07, 6.45) is 5.38. The fraction of sp³-hybridized carbons (Fsp3) is 0.571. The molecular weight excluding hydrogens is 196 g/mol. The first-order valence-corrected chi connectivity index (χ1v) is 6.25. The number of anilines is 2. The van der Waals surface area contributed by atoms with Gasteiger partial charge in [0.25, 0.3) is 0 Å². The van der Waals surface area contributed by atoms with Crippen LogP contribution in [0.1, 0.15) is 38.2 Å². The van der Waals surface area contributed by atoms with Crippen LogP contribution in [0.4, 0.5) is 11.4 Å². The monoisotopic (exact) mass is 218 g/mol. The average Bonchev–Trinajstić information content (AvgIpc) is 2.19. The lowest BCUT2D eigenvalue weighted by Crippen LogP contribution is -2.35. The summed E-state index contributed by atoms with van der Waals surface area (Å²) in [5.74, 6) is 0. The van der Waals surface area contributed by atoms with Gasteiger partial charge in [0.15, 0.2) is 0 Å². The van der Waals surface area contributed by atoms with E-state index < -0.39 is 0 Å². The van der Waals surface area contributed by atoms with Crippen LogP contribution in [0, 0.1) is 12.3 Å². The predicted octanol–water partition coefficient (Wildman–Crippen LogP) is 3.57. The summed E-state index contributed by atoms with van der Waals surface area (Å²) >= 11 is 0. The number of aryl methyl sites for hydroxylation is 1. The van der Waals surface area contributed by atoms with Crippen molar-refractivity contribution in [2.75, 3.05) is 17.6 Å². The third-order valence-corrected chi connectivity index (χ3v) is 4.03. The average molecular weight is 218 g/mol. The molecular formula is C14H22N2. The van der Waals surface area contributed by atoms with E-state index in [1.165, 1.54) is 31.2 Å². The lowest BCUT2D eigenvalue weighted by molar-refractivity contribution is 0.145. The minimum atomic E-state index is 0.539. The van der Waals surface area contributed by atoms with Gasteiger partial charge < -0.3 is 11.1 Å². The lowest BCUT2D eigenvalue weighted by Gasteiger charge is -2.41. The van der Waals surface area contributed by atoms with E-state index in [0.717, 1.165) is 17.9 Å². The predicted molar refractivity (Wildman–Crippen MR) is 70.7 cm³/mol. The van der Waals surface area contributed by atoms with Gasteiger partial charge in [-0.25, -0.2) is 0 Å². The van der Waals surface area contributed by atoms with Gasteiger partial charge >= 0.3 is 0 Å². The van der Waals surface area contributed by atoms with E-state index in [4.69, 9.17) is 5.73 Å². The van der Waals surface area contributed by atoms with Crippen molar-refractivity contribution in [3.63, 3.8) is 0 Å². The van der Waals surface area contributed by atoms with E-state index in [9.17, 15) is 0 Å². The number of hydrogen-bond acceptors (Lipinski definition) is 2. The van der Waals surface area contributed by atoms with Crippen molar-refractivity contribution >= 4 is 11.4 Å². The quantitative estimate of drug-likeness (QED) is 0.758. The molecule has 2 rings (SSSR count). The first-order valence-electron chi connectivity index (χ1n) is 6.25. The van der Waals surface area contributed by atoms with Crippen LogP contribution in [0.5, 0.6) is 0 Å². The fourth-order valence-corrected chi connectivity index (χ4v) is 2.46. The van der Waals surface area contributed by atoms with Crippen molar-refractivity contribution in [3.8, 4) is 0 Å². The van der Waals surface area contributed by atoms with Gasteiger partial charge in [-0.05, 0) is 49.3 Å². The van der Waals surface area contributed by atoms with Gasteiger partial charge in [-0.2, -0.15) is 0 Å². The van der Waals surface area contributed by atoms with E-state index in [0.29, 0.717) is 5.41 Å². The van der Waals surface area contributed by atoms with Gasteiger partial charge in [0.05, 0.1) is 11.4 Å². The summed E-state index contributed by atoms with van der Waals surface area (Å²) in [5.41, 5.74) is 9.70. The zero-order chi connectivity index (χ0) is 11.6. The molecule has 0 heterocycles. The van der Waals surface area contributed by atoms with Gasteiger partial charge in [-0.15, -0.1) is 0 Å². The minimum absolute atomic E-state index is 0.539. The van der Waals surface area contributed by atoms with Crippen molar-refractivity contribution in [2.24, 2.45) is 5.41 Å². The highest BCUT2D eigenvalue weighted by atomic mass is 14.9.